The summed E-state index contributed by atoms with van der Waals surface area (Å²) in [6.07, 6.45) is 1.04. The van der Waals surface area contributed by atoms with Crippen molar-refractivity contribution in [1.29, 1.82) is 0 Å². The van der Waals surface area contributed by atoms with Crippen molar-refractivity contribution in [3.05, 3.63) is 65.5 Å². The molecule has 0 aliphatic heterocycles. The summed E-state index contributed by atoms with van der Waals surface area (Å²) in [6, 6.07) is 14.3. The van der Waals surface area contributed by atoms with Gasteiger partial charge in [-0.15, -0.1) is 0 Å². The predicted molar refractivity (Wildman–Crippen MR) is 85.1 cm³/mol. The van der Waals surface area contributed by atoms with Gasteiger partial charge in [0, 0.05) is 11.7 Å². The Balaban J connectivity index is 1.58. The van der Waals surface area contributed by atoms with Crippen LogP contribution < -0.4 is 10.6 Å². The van der Waals surface area contributed by atoms with E-state index >= 15 is 0 Å². The number of halogens is 1. The van der Waals surface area contributed by atoms with E-state index in [9.17, 15) is 9.18 Å². The molecule has 2 atom stereocenters. The summed E-state index contributed by atoms with van der Waals surface area (Å²) in [7, 11) is 0. The van der Waals surface area contributed by atoms with Crippen LogP contribution in [-0.4, -0.2) is 12.5 Å². The number of anilines is 1. The molecule has 2 aromatic rings. The maximum Gasteiger partial charge on any atom is 0.238 e. The van der Waals surface area contributed by atoms with Gasteiger partial charge in [0.25, 0.3) is 0 Å². The van der Waals surface area contributed by atoms with Crippen LogP contribution in [0.3, 0.4) is 0 Å². The lowest BCUT2D eigenvalue weighted by Gasteiger charge is -2.18. The summed E-state index contributed by atoms with van der Waals surface area (Å²) in [5.41, 5.74) is 3.24. The van der Waals surface area contributed by atoms with Gasteiger partial charge >= 0.3 is 0 Å². The quantitative estimate of drug-likeness (QED) is 0.909. The predicted octanol–water partition coefficient (Wildman–Crippen LogP) is 3.29. The molecule has 0 radical (unpaired) electrons. The summed E-state index contributed by atoms with van der Waals surface area (Å²) < 4.78 is 12.8. The molecule has 0 saturated heterocycles. The second-order valence-corrected chi connectivity index (χ2v) is 5.79. The molecule has 0 saturated carbocycles. The zero-order chi connectivity index (χ0) is 15.5. The summed E-state index contributed by atoms with van der Waals surface area (Å²) in [4.78, 5) is 12.0. The Bertz CT molecular complexity index is 669. The Hall–Kier alpha value is -2.20. The molecule has 1 aliphatic carbocycles. The van der Waals surface area contributed by atoms with Crippen molar-refractivity contribution in [1.82, 2.24) is 5.32 Å². The van der Waals surface area contributed by atoms with E-state index in [1.165, 1.54) is 23.3 Å². The van der Waals surface area contributed by atoms with Gasteiger partial charge in [0.15, 0.2) is 0 Å². The number of nitrogens with one attached hydrogen (secondary N) is 2. The van der Waals surface area contributed by atoms with Crippen LogP contribution in [0.2, 0.25) is 0 Å². The maximum absolute atomic E-state index is 12.8. The first-order valence-electron chi connectivity index (χ1n) is 7.50. The number of carbonyl (C=O) groups is 1. The molecule has 114 valence electrons. The third kappa shape index (κ3) is 3.17. The minimum absolute atomic E-state index is 0.122. The van der Waals surface area contributed by atoms with Gasteiger partial charge in [-0.25, -0.2) is 4.39 Å². The highest BCUT2D eigenvalue weighted by Gasteiger charge is 2.28. The van der Waals surface area contributed by atoms with Crippen LogP contribution in [0, 0.1) is 11.7 Å². The molecule has 3 rings (SSSR count). The second kappa shape index (κ2) is 6.28. The maximum atomic E-state index is 12.8. The number of amides is 1. The van der Waals surface area contributed by atoms with Crippen molar-refractivity contribution in [3.63, 3.8) is 0 Å². The Morgan fingerprint density at radius 2 is 1.91 bits per heavy atom. The molecule has 22 heavy (non-hydrogen) atoms. The third-order valence-corrected chi connectivity index (χ3v) is 4.11. The molecule has 1 aliphatic rings. The molecule has 0 bridgehead atoms. The average Bonchev–Trinajstić information content (AvgIpc) is 2.83. The van der Waals surface area contributed by atoms with Gasteiger partial charge in [-0.05, 0) is 47.7 Å². The normalized spacial score (nSPS) is 19.7. The lowest BCUT2D eigenvalue weighted by Crippen LogP contribution is -2.32. The van der Waals surface area contributed by atoms with Crippen LogP contribution in [-0.2, 0) is 11.2 Å². The smallest absolute Gasteiger partial charge is 0.238 e. The first kappa shape index (κ1) is 14.7. The molecular formula is C18H19FN2O. The van der Waals surface area contributed by atoms with E-state index in [-0.39, 0.29) is 24.3 Å². The molecule has 3 nitrogen and oxygen atoms in total. The van der Waals surface area contributed by atoms with Crippen LogP contribution in [0.5, 0.6) is 0 Å². The van der Waals surface area contributed by atoms with Gasteiger partial charge in [-0.1, -0.05) is 31.2 Å². The number of fused-ring (bicyclic) bond motifs is 1. The Labute approximate surface area is 129 Å². The number of hydrogen-bond acceptors (Lipinski definition) is 2. The zero-order valence-corrected chi connectivity index (χ0v) is 12.5. The topological polar surface area (TPSA) is 41.1 Å². The SMILES string of the molecule is CC1Cc2ccccc2C1NCC(=O)Nc1ccc(F)cc1. The lowest BCUT2D eigenvalue weighted by molar-refractivity contribution is -0.115. The number of carbonyl (C=O) groups excluding carboxylic acids is 1. The minimum Gasteiger partial charge on any atom is -0.325 e. The van der Waals surface area contributed by atoms with Crippen molar-refractivity contribution in [2.24, 2.45) is 5.92 Å². The Morgan fingerprint density at radius 3 is 2.68 bits per heavy atom. The molecule has 2 N–H and O–H groups in total. The van der Waals surface area contributed by atoms with E-state index < -0.39 is 0 Å². The van der Waals surface area contributed by atoms with Crippen molar-refractivity contribution in [3.8, 4) is 0 Å². The lowest BCUT2D eigenvalue weighted by atomic mass is 10.0. The highest BCUT2D eigenvalue weighted by Crippen LogP contribution is 2.35. The fraction of sp³-hybridized carbons (Fsp3) is 0.278. The van der Waals surface area contributed by atoms with Crippen LogP contribution in [0.25, 0.3) is 0 Å². The van der Waals surface area contributed by atoms with Gasteiger partial charge in [-0.3, -0.25) is 4.79 Å². The van der Waals surface area contributed by atoms with E-state index in [2.05, 4.69) is 35.8 Å². The summed E-state index contributed by atoms with van der Waals surface area (Å²) in [5, 5.41) is 6.10. The van der Waals surface area contributed by atoms with Crippen LogP contribution in [0.4, 0.5) is 10.1 Å². The molecular weight excluding hydrogens is 279 g/mol. The molecule has 0 fully saturated rings. The molecule has 0 aromatic heterocycles. The fourth-order valence-corrected chi connectivity index (χ4v) is 3.05. The molecule has 1 amide bonds. The van der Waals surface area contributed by atoms with E-state index in [1.807, 2.05) is 6.07 Å². The molecule has 2 unspecified atom stereocenters. The third-order valence-electron chi connectivity index (χ3n) is 4.11. The van der Waals surface area contributed by atoms with Crippen molar-refractivity contribution in [2.75, 3.05) is 11.9 Å². The molecule has 0 heterocycles. The van der Waals surface area contributed by atoms with Crippen molar-refractivity contribution >= 4 is 11.6 Å². The van der Waals surface area contributed by atoms with Crippen LogP contribution >= 0.6 is 0 Å². The van der Waals surface area contributed by atoms with Gasteiger partial charge in [-0.2, -0.15) is 0 Å². The van der Waals surface area contributed by atoms with E-state index in [0.29, 0.717) is 11.6 Å². The highest BCUT2D eigenvalue weighted by molar-refractivity contribution is 5.92. The summed E-state index contributed by atoms with van der Waals surface area (Å²) in [5.74, 6) is 0.0340. The summed E-state index contributed by atoms with van der Waals surface area (Å²) in [6.45, 7) is 2.43. The Kier molecular flexibility index (Phi) is 4.20. The number of rotatable bonds is 4. The van der Waals surface area contributed by atoms with Crippen LogP contribution in [0.15, 0.2) is 48.5 Å². The summed E-state index contributed by atoms with van der Waals surface area (Å²) >= 11 is 0. The largest absolute Gasteiger partial charge is 0.325 e. The van der Waals surface area contributed by atoms with Gasteiger partial charge in [0.2, 0.25) is 5.91 Å². The first-order chi connectivity index (χ1) is 10.6. The average molecular weight is 298 g/mol. The van der Waals surface area contributed by atoms with E-state index in [0.717, 1.165) is 6.42 Å². The van der Waals surface area contributed by atoms with Crippen LogP contribution in [0.1, 0.15) is 24.1 Å². The second-order valence-electron chi connectivity index (χ2n) is 5.79. The fourth-order valence-electron chi connectivity index (χ4n) is 3.05. The number of benzene rings is 2. The van der Waals surface area contributed by atoms with E-state index in [1.54, 1.807) is 12.1 Å². The minimum atomic E-state index is -0.312. The van der Waals surface area contributed by atoms with Crippen molar-refractivity contribution < 1.29 is 9.18 Å². The van der Waals surface area contributed by atoms with Gasteiger partial charge in [0.1, 0.15) is 5.82 Å². The Morgan fingerprint density at radius 1 is 1.18 bits per heavy atom. The van der Waals surface area contributed by atoms with Gasteiger partial charge < -0.3 is 10.6 Å². The van der Waals surface area contributed by atoms with E-state index in [4.69, 9.17) is 0 Å². The van der Waals surface area contributed by atoms with Gasteiger partial charge in [0.05, 0.1) is 6.54 Å². The molecule has 0 spiro atoms. The van der Waals surface area contributed by atoms with Crippen molar-refractivity contribution in [2.45, 2.75) is 19.4 Å². The number of hydrogen-bond donors (Lipinski definition) is 2. The first-order valence-corrected chi connectivity index (χ1v) is 7.50. The molecule has 4 heteroatoms. The standard InChI is InChI=1S/C18H19FN2O/c1-12-10-13-4-2-3-5-16(13)18(12)20-11-17(22)21-15-8-6-14(19)7-9-15/h2-9,12,18,20H,10-11H2,1H3,(H,21,22). The highest BCUT2D eigenvalue weighted by atomic mass is 19.1. The monoisotopic (exact) mass is 298 g/mol. The molecule has 2 aromatic carbocycles. The zero-order valence-electron chi connectivity index (χ0n) is 12.5.